The maximum Gasteiger partial charge on any atom is 0.0968 e. The van der Waals surface area contributed by atoms with E-state index in [0.29, 0.717) is 0 Å². The van der Waals surface area contributed by atoms with Gasteiger partial charge in [-0.1, -0.05) is 121 Å². The van der Waals surface area contributed by atoms with Crippen molar-refractivity contribution in [1.29, 1.82) is 0 Å². The predicted octanol–water partition coefficient (Wildman–Crippen LogP) is 13.9. The first kappa shape index (κ1) is 38.3. The molecule has 7 aromatic rings. The van der Waals surface area contributed by atoms with Gasteiger partial charge in [-0.2, -0.15) is 0 Å². The van der Waals surface area contributed by atoms with E-state index in [1.165, 1.54) is 16.7 Å². The molecular weight excluding hydrogens is 731 g/mol. The van der Waals surface area contributed by atoms with E-state index >= 15 is 0 Å². The van der Waals surface area contributed by atoms with E-state index in [0.717, 1.165) is 114 Å². The van der Waals surface area contributed by atoms with E-state index in [1.807, 2.05) is 19.1 Å². The summed E-state index contributed by atoms with van der Waals surface area (Å²) >= 11 is 0. The molecule has 9 rings (SSSR count). The second-order valence-electron chi connectivity index (χ2n) is 15.4. The minimum absolute atomic E-state index is 0.853. The van der Waals surface area contributed by atoms with E-state index in [9.17, 15) is 0 Å². The van der Waals surface area contributed by atoms with Crippen LogP contribution in [0.1, 0.15) is 61.9 Å². The van der Waals surface area contributed by atoms with Gasteiger partial charge in [0, 0.05) is 45.4 Å². The minimum Gasteiger partial charge on any atom is -0.381 e. The lowest BCUT2D eigenvalue weighted by Crippen LogP contribution is -2.08. The number of nitrogens with zero attached hydrogens (tertiary/aromatic N) is 4. The highest BCUT2D eigenvalue weighted by Crippen LogP contribution is 2.36. The fraction of sp³-hybridized carbons (Fsp3) is 0.127. The van der Waals surface area contributed by atoms with Crippen molar-refractivity contribution >= 4 is 56.3 Å². The number of hydrogen-bond donors (Lipinski definition) is 1. The van der Waals surface area contributed by atoms with Gasteiger partial charge in [0.15, 0.2) is 0 Å². The van der Waals surface area contributed by atoms with Crippen LogP contribution in [0.5, 0.6) is 0 Å². The molecule has 0 saturated heterocycles. The van der Waals surface area contributed by atoms with E-state index in [2.05, 4.69) is 184 Å². The molecule has 4 heterocycles. The summed E-state index contributed by atoms with van der Waals surface area (Å²) in [5, 5.41) is 5.64. The van der Waals surface area contributed by atoms with Crippen molar-refractivity contribution in [3.05, 3.63) is 203 Å². The van der Waals surface area contributed by atoms with Crippen molar-refractivity contribution in [2.24, 2.45) is 9.98 Å². The molecule has 0 aliphatic carbocycles. The molecule has 0 unspecified atom stereocenters. The number of aromatic nitrogens is 2. The third kappa shape index (κ3) is 7.95. The number of fused-ring (bicyclic) bond motifs is 5. The number of rotatable bonds is 9. The third-order valence-electron chi connectivity index (χ3n) is 11.5. The maximum atomic E-state index is 5.19. The monoisotopic (exact) mass is 777 g/mol. The highest BCUT2D eigenvalue weighted by atomic mass is 14.9. The van der Waals surface area contributed by atoms with Crippen LogP contribution in [0.3, 0.4) is 0 Å². The first-order valence-corrected chi connectivity index (χ1v) is 20.8. The smallest absolute Gasteiger partial charge is 0.0968 e. The van der Waals surface area contributed by atoms with Crippen LogP contribution in [0.15, 0.2) is 185 Å². The first-order valence-electron chi connectivity index (χ1n) is 20.8. The molecule has 0 bridgehead atoms. The van der Waals surface area contributed by atoms with Crippen LogP contribution >= 0.6 is 0 Å². The van der Waals surface area contributed by atoms with Gasteiger partial charge in [0.2, 0.25) is 0 Å². The fourth-order valence-corrected chi connectivity index (χ4v) is 7.90. The molecule has 2 aliphatic rings. The SMILES string of the molecule is C/C=C\C(=N/C(=C/C=C(\C)c1ccc2nc(-c3ccc(-c4ccc5ccc6c(c5n4)N=C(c4ccccc4)CC6)cc3)ccc2c1)C(/C)=C\C)c1ccc2c(c1)C=CCN2. The van der Waals surface area contributed by atoms with E-state index < -0.39 is 0 Å². The number of allylic oxidation sites excluding steroid dienone is 7. The molecule has 0 radical (unpaired) electrons. The van der Waals surface area contributed by atoms with Gasteiger partial charge in [-0.25, -0.2) is 15.0 Å². The summed E-state index contributed by atoms with van der Waals surface area (Å²) in [6.45, 7) is 9.21. The molecule has 5 aromatic carbocycles. The largest absolute Gasteiger partial charge is 0.381 e. The minimum atomic E-state index is 0.853. The quantitative estimate of drug-likeness (QED) is 0.117. The number of anilines is 1. The summed E-state index contributed by atoms with van der Waals surface area (Å²) in [7, 11) is 0. The summed E-state index contributed by atoms with van der Waals surface area (Å²) < 4.78 is 0. The molecular formula is C55H47N5. The lowest BCUT2D eigenvalue weighted by molar-refractivity contribution is 1.01. The van der Waals surface area contributed by atoms with Crippen molar-refractivity contribution < 1.29 is 0 Å². The van der Waals surface area contributed by atoms with Crippen LogP contribution in [0.4, 0.5) is 11.4 Å². The lowest BCUT2D eigenvalue weighted by Gasteiger charge is -2.17. The van der Waals surface area contributed by atoms with Crippen LogP contribution < -0.4 is 5.32 Å². The number of aryl methyl sites for hydroxylation is 1. The van der Waals surface area contributed by atoms with Gasteiger partial charge in [-0.15, -0.1) is 0 Å². The highest BCUT2D eigenvalue weighted by molar-refractivity contribution is 6.10. The van der Waals surface area contributed by atoms with Gasteiger partial charge < -0.3 is 5.32 Å². The van der Waals surface area contributed by atoms with Crippen molar-refractivity contribution in [2.75, 3.05) is 11.9 Å². The first-order chi connectivity index (χ1) is 29.4. The second kappa shape index (κ2) is 16.9. The summed E-state index contributed by atoms with van der Waals surface area (Å²) in [6, 6.07) is 45.0. The van der Waals surface area contributed by atoms with Crippen LogP contribution in [-0.4, -0.2) is 27.9 Å². The number of benzene rings is 5. The fourth-order valence-electron chi connectivity index (χ4n) is 7.90. The van der Waals surface area contributed by atoms with Gasteiger partial charge in [-0.3, -0.25) is 4.99 Å². The molecule has 5 nitrogen and oxygen atoms in total. The Morgan fingerprint density at radius 1 is 0.683 bits per heavy atom. The van der Waals surface area contributed by atoms with Crippen LogP contribution in [0.2, 0.25) is 0 Å². The van der Waals surface area contributed by atoms with Gasteiger partial charge in [0.25, 0.3) is 0 Å². The standard InChI is InChI=1S/C55H47N5/c1-5-11-49(46-25-28-48-44(35-46)14-10-33-56-48)57-47(36(3)6-2)27-15-37(4)43-24-31-53-45(34-43)26-32-50(58-53)39-16-18-40(19-17-39)52-30-23-42-21-20-41-22-29-51(38-12-8-7-9-13-38)59-54(41)55(42)60-52/h5-21,23-28,30-32,34-35,56H,22,29,33H2,1-4H3/b11-5-,36-6-,37-15+,47-27+,57-49+. The Morgan fingerprint density at radius 2 is 1.43 bits per heavy atom. The zero-order valence-corrected chi connectivity index (χ0v) is 34.6. The zero-order valence-electron chi connectivity index (χ0n) is 34.6. The van der Waals surface area contributed by atoms with Gasteiger partial charge in [0.1, 0.15) is 0 Å². The molecule has 60 heavy (non-hydrogen) atoms. The Hall–Kier alpha value is -7.24. The van der Waals surface area contributed by atoms with Gasteiger partial charge >= 0.3 is 0 Å². The molecule has 0 atom stereocenters. The molecule has 2 aromatic heterocycles. The summed E-state index contributed by atoms with van der Waals surface area (Å²) in [6.07, 6.45) is 16.7. The van der Waals surface area contributed by atoms with Gasteiger partial charge in [0.05, 0.1) is 39.5 Å². The maximum absolute atomic E-state index is 5.19. The van der Waals surface area contributed by atoms with E-state index in [4.69, 9.17) is 20.0 Å². The number of aliphatic imine (C=N–C) groups is 2. The Bertz CT molecular complexity index is 2990. The molecule has 0 spiro atoms. The number of nitrogens with one attached hydrogen (secondary N) is 1. The zero-order chi connectivity index (χ0) is 41.0. The van der Waals surface area contributed by atoms with Gasteiger partial charge in [-0.05, 0) is 122 Å². The Balaban J connectivity index is 0.956. The summed E-state index contributed by atoms with van der Waals surface area (Å²) in [5.74, 6) is 0. The van der Waals surface area contributed by atoms with Crippen LogP contribution in [0, 0.1) is 0 Å². The van der Waals surface area contributed by atoms with E-state index in [-0.39, 0.29) is 0 Å². The average Bonchev–Trinajstić information content (AvgIpc) is 3.31. The summed E-state index contributed by atoms with van der Waals surface area (Å²) in [5.41, 5.74) is 19.1. The Kier molecular flexibility index (Phi) is 10.8. The summed E-state index contributed by atoms with van der Waals surface area (Å²) in [4.78, 5) is 20.6. The molecule has 2 aliphatic heterocycles. The van der Waals surface area contributed by atoms with Crippen molar-refractivity contribution in [1.82, 2.24) is 9.97 Å². The number of hydrogen-bond acceptors (Lipinski definition) is 5. The second-order valence-corrected chi connectivity index (χ2v) is 15.4. The van der Waals surface area contributed by atoms with Crippen molar-refractivity contribution in [2.45, 2.75) is 40.5 Å². The molecule has 0 fully saturated rings. The molecule has 292 valence electrons. The Morgan fingerprint density at radius 3 is 2.22 bits per heavy atom. The molecule has 0 saturated carbocycles. The highest BCUT2D eigenvalue weighted by Gasteiger charge is 2.18. The Labute approximate surface area is 352 Å². The number of pyridine rings is 2. The molecule has 1 N–H and O–H groups in total. The predicted molar refractivity (Wildman–Crippen MR) is 255 cm³/mol. The van der Waals surface area contributed by atoms with Crippen LogP contribution in [0.25, 0.3) is 56.0 Å². The topological polar surface area (TPSA) is 62.5 Å². The lowest BCUT2D eigenvalue weighted by atomic mass is 9.95. The van der Waals surface area contributed by atoms with Crippen LogP contribution in [-0.2, 0) is 6.42 Å². The molecule has 5 heteroatoms. The average molecular weight is 778 g/mol. The normalized spacial score (nSPS) is 14.6. The van der Waals surface area contributed by atoms with Crippen molar-refractivity contribution in [3.8, 4) is 22.5 Å². The molecule has 0 amide bonds. The van der Waals surface area contributed by atoms with E-state index in [1.54, 1.807) is 0 Å². The van der Waals surface area contributed by atoms with Crippen molar-refractivity contribution in [3.63, 3.8) is 0 Å². The third-order valence-corrected chi connectivity index (χ3v) is 11.5.